The molecule has 0 spiro atoms. The average molecular weight is 234 g/mol. The monoisotopic (exact) mass is 233 g/mol. The van der Waals surface area contributed by atoms with Crippen LogP contribution in [0.5, 0.6) is 0 Å². The number of hydrogen-bond donors (Lipinski definition) is 2. The lowest BCUT2D eigenvalue weighted by molar-refractivity contribution is -0.222. The molecule has 3 N–H and O–H groups in total. The van der Waals surface area contributed by atoms with Crippen molar-refractivity contribution in [3.05, 3.63) is 0 Å². The van der Waals surface area contributed by atoms with E-state index in [-0.39, 0.29) is 18.4 Å². The van der Waals surface area contributed by atoms with E-state index >= 15 is 0 Å². The molecule has 0 heterocycles. The second-order valence-corrected chi connectivity index (χ2v) is 3.66. The maximum atomic E-state index is 12.0. The molecule has 86 valence electrons. The molecule has 0 saturated heterocycles. The van der Waals surface area contributed by atoms with E-state index in [4.69, 9.17) is 10.8 Å². The highest BCUT2D eigenvalue weighted by molar-refractivity contribution is 5.85. The lowest BCUT2D eigenvalue weighted by Crippen LogP contribution is -2.39. The summed E-state index contributed by atoms with van der Waals surface area (Å²) in [6.07, 6.45) is -4.73. The minimum atomic E-state index is -4.48. The van der Waals surface area contributed by atoms with Gasteiger partial charge < -0.3 is 10.8 Å². The summed E-state index contributed by atoms with van der Waals surface area (Å²) in [7, 11) is 0. The summed E-state index contributed by atoms with van der Waals surface area (Å²) in [5.74, 6) is -0.653. The summed E-state index contributed by atoms with van der Waals surface area (Å²) < 4.78 is 36.1. The Morgan fingerprint density at radius 2 is 1.57 bits per heavy atom. The number of rotatable bonds is 1. The molecule has 14 heavy (non-hydrogen) atoms. The molecule has 1 aliphatic carbocycles. The molecule has 1 unspecified atom stereocenters. The van der Waals surface area contributed by atoms with Crippen LogP contribution in [-0.4, -0.2) is 23.4 Å². The van der Waals surface area contributed by atoms with Crippen LogP contribution in [-0.2, 0) is 0 Å². The fourth-order valence-electron chi connectivity index (χ4n) is 1.73. The van der Waals surface area contributed by atoms with Gasteiger partial charge in [0.2, 0.25) is 0 Å². The van der Waals surface area contributed by atoms with E-state index in [0.717, 1.165) is 0 Å². The zero-order valence-electron chi connectivity index (χ0n) is 7.63. The zero-order valence-corrected chi connectivity index (χ0v) is 8.44. The van der Waals surface area contributed by atoms with Crippen LogP contribution in [0, 0.1) is 5.92 Å². The molecule has 1 fully saturated rings. The third-order valence-corrected chi connectivity index (χ3v) is 2.60. The van der Waals surface area contributed by atoms with Gasteiger partial charge in [-0.05, 0) is 31.6 Å². The fraction of sp³-hybridized carbons (Fsp3) is 1.00. The van der Waals surface area contributed by atoms with Crippen molar-refractivity contribution in [2.24, 2.45) is 11.7 Å². The maximum Gasteiger partial charge on any atom is 0.414 e. The third-order valence-electron chi connectivity index (χ3n) is 2.60. The largest absolute Gasteiger partial charge is 0.414 e. The molecular formula is C8H15ClF3NO. The quantitative estimate of drug-likeness (QED) is 0.726. The van der Waals surface area contributed by atoms with E-state index in [1.807, 2.05) is 0 Å². The first-order chi connectivity index (χ1) is 5.91. The lowest BCUT2D eigenvalue weighted by Gasteiger charge is -2.30. The van der Waals surface area contributed by atoms with Crippen molar-refractivity contribution in [3.8, 4) is 0 Å². The number of aliphatic hydroxyl groups excluding tert-OH is 1. The Labute approximate surface area is 87.1 Å². The van der Waals surface area contributed by atoms with E-state index in [9.17, 15) is 13.2 Å². The van der Waals surface area contributed by atoms with E-state index < -0.39 is 18.2 Å². The van der Waals surface area contributed by atoms with Crippen LogP contribution in [0.4, 0.5) is 13.2 Å². The smallest absolute Gasteiger partial charge is 0.383 e. The number of aliphatic hydroxyl groups is 1. The van der Waals surface area contributed by atoms with Crippen LogP contribution >= 0.6 is 12.4 Å². The molecule has 2 nitrogen and oxygen atoms in total. The highest BCUT2D eigenvalue weighted by atomic mass is 35.5. The topological polar surface area (TPSA) is 46.2 Å². The van der Waals surface area contributed by atoms with Crippen LogP contribution in [0.1, 0.15) is 25.7 Å². The molecular weight excluding hydrogens is 219 g/mol. The Morgan fingerprint density at radius 3 is 1.93 bits per heavy atom. The van der Waals surface area contributed by atoms with Gasteiger partial charge in [0.25, 0.3) is 0 Å². The molecule has 0 aliphatic heterocycles. The average Bonchev–Trinajstić information content (AvgIpc) is 2.03. The first-order valence-corrected chi connectivity index (χ1v) is 4.41. The Hall–Kier alpha value is -0.0000000000000000555. The zero-order chi connectivity index (χ0) is 10.1. The van der Waals surface area contributed by atoms with E-state index in [2.05, 4.69) is 0 Å². The van der Waals surface area contributed by atoms with Crippen molar-refractivity contribution in [1.82, 2.24) is 0 Å². The molecule has 1 atom stereocenters. The fourth-order valence-corrected chi connectivity index (χ4v) is 1.73. The lowest BCUT2D eigenvalue weighted by atomic mass is 9.83. The molecule has 0 radical (unpaired) electrons. The Balaban J connectivity index is 0.00000169. The number of halogens is 4. The molecule has 1 aliphatic rings. The Kier molecular flexibility index (Phi) is 5.19. The molecule has 0 amide bonds. The third kappa shape index (κ3) is 3.63. The summed E-state index contributed by atoms with van der Waals surface area (Å²) in [4.78, 5) is 0. The Morgan fingerprint density at radius 1 is 1.14 bits per heavy atom. The number of alkyl halides is 3. The van der Waals surface area contributed by atoms with Crippen molar-refractivity contribution in [2.45, 2.75) is 44.0 Å². The van der Waals surface area contributed by atoms with Crippen molar-refractivity contribution >= 4 is 12.4 Å². The molecule has 1 rings (SSSR count). The van der Waals surface area contributed by atoms with Crippen LogP contribution < -0.4 is 5.73 Å². The van der Waals surface area contributed by atoms with Crippen molar-refractivity contribution in [3.63, 3.8) is 0 Å². The molecule has 0 bridgehead atoms. The van der Waals surface area contributed by atoms with Crippen molar-refractivity contribution in [1.29, 1.82) is 0 Å². The molecule has 0 aromatic carbocycles. The molecule has 6 heteroatoms. The summed E-state index contributed by atoms with van der Waals surface area (Å²) in [5.41, 5.74) is 5.54. The standard InChI is InChI=1S/C8H14F3NO.ClH/c9-8(10,11)7(13)5-1-3-6(12)4-2-5;/h5-7,13H,1-4,12H2;1H/t5-,6-,7?;. The number of hydrogen-bond acceptors (Lipinski definition) is 2. The van der Waals surface area contributed by atoms with Crippen LogP contribution in [0.2, 0.25) is 0 Å². The summed E-state index contributed by atoms with van der Waals surface area (Å²) >= 11 is 0. The highest BCUT2D eigenvalue weighted by Crippen LogP contribution is 2.33. The number of nitrogens with two attached hydrogens (primary N) is 1. The van der Waals surface area contributed by atoms with Gasteiger partial charge >= 0.3 is 6.18 Å². The van der Waals surface area contributed by atoms with Gasteiger partial charge in [-0.3, -0.25) is 0 Å². The second-order valence-electron chi connectivity index (χ2n) is 3.66. The van der Waals surface area contributed by atoms with Gasteiger partial charge in [-0.25, -0.2) is 0 Å². The first-order valence-electron chi connectivity index (χ1n) is 4.41. The highest BCUT2D eigenvalue weighted by Gasteiger charge is 2.43. The van der Waals surface area contributed by atoms with Crippen LogP contribution in [0.3, 0.4) is 0 Å². The summed E-state index contributed by atoms with van der Waals surface area (Å²) in [6, 6.07) is 0.0108. The predicted molar refractivity (Wildman–Crippen MR) is 49.2 cm³/mol. The SMILES string of the molecule is Cl.N[C@H]1CC[C@H](C(O)C(F)(F)F)CC1. The normalized spacial score (nSPS) is 30.6. The maximum absolute atomic E-state index is 12.0. The summed E-state index contributed by atoms with van der Waals surface area (Å²) in [5, 5.41) is 8.93. The van der Waals surface area contributed by atoms with Crippen molar-refractivity contribution < 1.29 is 18.3 Å². The molecule has 0 aromatic heterocycles. The van der Waals surface area contributed by atoms with Gasteiger partial charge in [0.15, 0.2) is 6.10 Å². The molecule has 1 saturated carbocycles. The van der Waals surface area contributed by atoms with E-state index in [1.165, 1.54) is 0 Å². The first kappa shape index (κ1) is 14.0. The summed E-state index contributed by atoms with van der Waals surface area (Å²) in [6.45, 7) is 0. The second kappa shape index (κ2) is 5.19. The van der Waals surface area contributed by atoms with Gasteiger partial charge in [0.1, 0.15) is 0 Å². The minimum Gasteiger partial charge on any atom is -0.383 e. The van der Waals surface area contributed by atoms with Crippen LogP contribution in [0.15, 0.2) is 0 Å². The van der Waals surface area contributed by atoms with Gasteiger partial charge in [-0.1, -0.05) is 0 Å². The van der Waals surface area contributed by atoms with Crippen molar-refractivity contribution in [2.75, 3.05) is 0 Å². The van der Waals surface area contributed by atoms with Gasteiger partial charge in [-0.15, -0.1) is 12.4 Å². The van der Waals surface area contributed by atoms with E-state index in [1.54, 1.807) is 0 Å². The van der Waals surface area contributed by atoms with E-state index in [0.29, 0.717) is 25.7 Å². The Bertz CT molecular complexity index is 168. The van der Waals surface area contributed by atoms with Gasteiger partial charge in [0.05, 0.1) is 0 Å². The predicted octanol–water partition coefficient (Wildman–Crippen LogP) is 1.85. The molecule has 0 aromatic rings. The van der Waals surface area contributed by atoms with Crippen LogP contribution in [0.25, 0.3) is 0 Å². The minimum absolute atomic E-state index is 0. The van der Waals surface area contributed by atoms with Gasteiger partial charge in [-0.2, -0.15) is 13.2 Å². The van der Waals surface area contributed by atoms with Gasteiger partial charge in [0, 0.05) is 6.04 Å².